The molecule has 7 heteroatoms. The molecule has 1 saturated heterocycles. The fraction of sp³-hybridized carbons (Fsp3) is 0.538. The number of rotatable bonds is 3. The Hall–Kier alpha value is -0.170. The van der Waals surface area contributed by atoms with Crippen LogP contribution in [-0.4, -0.2) is 25.8 Å². The molecule has 0 N–H and O–H groups in total. The molecular weight excluding hydrogens is 369 g/mol. The van der Waals surface area contributed by atoms with E-state index in [0.717, 1.165) is 25.7 Å². The van der Waals surface area contributed by atoms with Gasteiger partial charge in [-0.15, -0.1) is 11.6 Å². The highest BCUT2D eigenvalue weighted by molar-refractivity contribution is 9.10. The van der Waals surface area contributed by atoms with E-state index < -0.39 is 15.8 Å². The molecule has 2 rings (SSSR count). The Morgan fingerprint density at radius 3 is 2.35 bits per heavy atom. The topological polar surface area (TPSA) is 37.4 Å². The lowest BCUT2D eigenvalue weighted by atomic mass is 10.2. The molecule has 1 aromatic rings. The summed E-state index contributed by atoms with van der Waals surface area (Å²) in [4.78, 5) is -0.288. The molecule has 0 saturated carbocycles. The average Bonchev–Trinajstić information content (AvgIpc) is 2.70. The summed E-state index contributed by atoms with van der Waals surface area (Å²) in [5.41, 5.74) is 0.189. The van der Waals surface area contributed by atoms with Gasteiger partial charge in [0.05, 0.1) is 5.88 Å². The zero-order chi connectivity index (χ0) is 14.8. The van der Waals surface area contributed by atoms with Gasteiger partial charge in [0.15, 0.2) is 0 Å². The Morgan fingerprint density at radius 1 is 1.20 bits per heavy atom. The van der Waals surface area contributed by atoms with Crippen molar-refractivity contribution >= 4 is 37.6 Å². The van der Waals surface area contributed by atoms with Crippen molar-refractivity contribution < 1.29 is 12.8 Å². The molecule has 3 nitrogen and oxygen atoms in total. The van der Waals surface area contributed by atoms with Gasteiger partial charge in [0.2, 0.25) is 10.0 Å². The molecule has 0 aromatic heterocycles. The van der Waals surface area contributed by atoms with E-state index in [0.29, 0.717) is 17.6 Å². The number of nitrogens with zero attached hydrogens (tertiary/aromatic N) is 1. The van der Waals surface area contributed by atoms with Crippen LogP contribution in [0, 0.1) is 5.82 Å². The predicted molar refractivity (Wildman–Crippen MR) is 80.9 cm³/mol. The molecule has 20 heavy (non-hydrogen) atoms. The summed E-state index contributed by atoms with van der Waals surface area (Å²) in [6.45, 7) is 0.898. The lowest BCUT2D eigenvalue weighted by molar-refractivity contribution is 0.419. The monoisotopic (exact) mass is 383 g/mol. The summed E-state index contributed by atoms with van der Waals surface area (Å²) in [5.74, 6) is -0.805. The minimum Gasteiger partial charge on any atom is -0.207 e. The first kappa shape index (κ1) is 16.2. The molecular formula is C13H16BrClFNO2S. The fourth-order valence-corrected chi connectivity index (χ4v) is 4.83. The van der Waals surface area contributed by atoms with Gasteiger partial charge in [-0.25, -0.2) is 12.8 Å². The number of alkyl halides is 1. The minimum absolute atomic E-state index is 0.0617. The number of benzene rings is 1. The van der Waals surface area contributed by atoms with E-state index in [4.69, 9.17) is 11.6 Å². The maximum Gasteiger partial charge on any atom is 0.246 e. The summed E-state index contributed by atoms with van der Waals surface area (Å²) in [5, 5.41) is 0. The first-order chi connectivity index (χ1) is 9.46. The van der Waals surface area contributed by atoms with Gasteiger partial charge in [0.25, 0.3) is 0 Å². The van der Waals surface area contributed by atoms with Gasteiger partial charge in [0, 0.05) is 23.1 Å². The summed E-state index contributed by atoms with van der Waals surface area (Å²) in [7, 11) is -3.80. The lowest BCUT2D eigenvalue weighted by Crippen LogP contribution is -2.32. The Balaban J connectivity index is 2.45. The van der Waals surface area contributed by atoms with E-state index in [1.807, 2.05) is 0 Å². The van der Waals surface area contributed by atoms with Gasteiger partial charge in [-0.1, -0.05) is 28.8 Å². The third-order valence-electron chi connectivity index (χ3n) is 3.41. The van der Waals surface area contributed by atoms with Crippen LogP contribution in [0.15, 0.2) is 21.5 Å². The standard InChI is InChI=1S/C13H16BrClFNO2S/c14-11-7-10(9-15)13(16)12(8-11)20(18,19)17-5-3-1-2-4-6-17/h7-8H,1-6,9H2. The highest BCUT2D eigenvalue weighted by atomic mass is 79.9. The fourth-order valence-electron chi connectivity index (χ4n) is 2.32. The van der Waals surface area contributed by atoms with Crippen molar-refractivity contribution in [3.63, 3.8) is 0 Å². The molecule has 1 aromatic carbocycles. The van der Waals surface area contributed by atoms with Crippen LogP contribution in [-0.2, 0) is 15.9 Å². The van der Waals surface area contributed by atoms with Gasteiger partial charge in [0.1, 0.15) is 10.7 Å². The van der Waals surface area contributed by atoms with Crippen molar-refractivity contribution in [2.45, 2.75) is 36.5 Å². The first-order valence-corrected chi connectivity index (χ1v) is 9.27. The Kier molecular flexibility index (Phi) is 5.45. The molecule has 0 spiro atoms. The van der Waals surface area contributed by atoms with E-state index in [2.05, 4.69) is 15.9 Å². The molecule has 112 valence electrons. The lowest BCUT2D eigenvalue weighted by Gasteiger charge is -2.21. The maximum absolute atomic E-state index is 14.3. The highest BCUT2D eigenvalue weighted by Crippen LogP contribution is 2.28. The van der Waals surface area contributed by atoms with Crippen LogP contribution in [0.25, 0.3) is 0 Å². The maximum atomic E-state index is 14.3. The number of hydrogen-bond acceptors (Lipinski definition) is 2. The van der Waals surface area contributed by atoms with Gasteiger partial charge < -0.3 is 0 Å². The van der Waals surface area contributed by atoms with Crippen molar-refractivity contribution in [3.05, 3.63) is 28.0 Å². The SMILES string of the molecule is O=S(=O)(c1cc(Br)cc(CCl)c1F)N1CCCCCC1. The molecule has 0 aliphatic carbocycles. The normalized spacial score (nSPS) is 17.9. The summed E-state index contributed by atoms with van der Waals surface area (Å²) in [6, 6.07) is 2.81. The Labute approximate surface area is 132 Å². The van der Waals surface area contributed by atoms with Crippen LogP contribution >= 0.6 is 27.5 Å². The van der Waals surface area contributed by atoms with Gasteiger partial charge in [-0.2, -0.15) is 4.31 Å². The van der Waals surface area contributed by atoms with Crippen molar-refractivity contribution in [1.29, 1.82) is 0 Å². The van der Waals surface area contributed by atoms with Crippen molar-refractivity contribution in [3.8, 4) is 0 Å². The smallest absolute Gasteiger partial charge is 0.207 e. The van der Waals surface area contributed by atoms with Crippen LogP contribution in [0.2, 0.25) is 0 Å². The number of halogens is 3. The van der Waals surface area contributed by atoms with E-state index in [-0.39, 0.29) is 16.3 Å². The van der Waals surface area contributed by atoms with E-state index in [9.17, 15) is 12.8 Å². The summed E-state index contributed by atoms with van der Waals surface area (Å²) in [6.07, 6.45) is 3.66. The van der Waals surface area contributed by atoms with Gasteiger partial charge in [-0.05, 0) is 25.0 Å². The summed E-state index contributed by atoms with van der Waals surface area (Å²) < 4.78 is 41.4. The zero-order valence-corrected chi connectivity index (χ0v) is 14.1. The average molecular weight is 385 g/mol. The highest BCUT2D eigenvalue weighted by Gasteiger charge is 2.29. The van der Waals surface area contributed by atoms with Crippen molar-refractivity contribution in [2.24, 2.45) is 0 Å². The third kappa shape index (κ3) is 3.35. The largest absolute Gasteiger partial charge is 0.246 e. The molecule has 1 aliphatic heterocycles. The van der Waals surface area contributed by atoms with E-state index >= 15 is 0 Å². The van der Waals surface area contributed by atoms with Crippen LogP contribution in [0.4, 0.5) is 4.39 Å². The van der Waals surface area contributed by atoms with E-state index in [1.165, 1.54) is 16.4 Å². The van der Waals surface area contributed by atoms with Crippen molar-refractivity contribution in [1.82, 2.24) is 4.31 Å². The molecule has 0 atom stereocenters. The Morgan fingerprint density at radius 2 is 1.80 bits per heavy atom. The van der Waals surface area contributed by atoms with Crippen LogP contribution in [0.1, 0.15) is 31.2 Å². The first-order valence-electron chi connectivity index (χ1n) is 6.51. The predicted octanol–water partition coefficient (Wildman–Crippen LogP) is 3.89. The third-order valence-corrected chi connectivity index (χ3v) is 6.05. The molecule has 0 radical (unpaired) electrons. The number of sulfonamides is 1. The van der Waals surface area contributed by atoms with Crippen molar-refractivity contribution in [2.75, 3.05) is 13.1 Å². The zero-order valence-electron chi connectivity index (χ0n) is 10.9. The van der Waals surface area contributed by atoms with Crippen LogP contribution < -0.4 is 0 Å². The van der Waals surface area contributed by atoms with Crippen LogP contribution in [0.5, 0.6) is 0 Å². The quantitative estimate of drug-likeness (QED) is 0.741. The summed E-state index contributed by atoms with van der Waals surface area (Å²) >= 11 is 8.88. The number of hydrogen-bond donors (Lipinski definition) is 0. The Bertz CT molecular complexity index is 586. The molecule has 0 bridgehead atoms. The second-order valence-corrected chi connectivity index (χ2v) is 7.92. The molecule has 1 aliphatic rings. The molecule has 1 fully saturated rings. The molecule has 1 heterocycles. The second kappa shape index (κ2) is 6.73. The molecule has 0 amide bonds. The van der Waals surface area contributed by atoms with Crippen LogP contribution in [0.3, 0.4) is 0 Å². The molecule has 0 unspecified atom stereocenters. The van der Waals surface area contributed by atoms with Gasteiger partial charge in [-0.3, -0.25) is 0 Å². The second-order valence-electron chi connectivity index (χ2n) is 4.83. The van der Waals surface area contributed by atoms with E-state index in [1.54, 1.807) is 0 Å². The van der Waals surface area contributed by atoms with Gasteiger partial charge >= 0.3 is 0 Å². The minimum atomic E-state index is -3.80.